The highest BCUT2D eigenvalue weighted by Crippen LogP contribution is 2.27. The molecule has 0 atom stereocenters. The van der Waals surface area contributed by atoms with E-state index in [4.69, 9.17) is 20.6 Å². The fourth-order valence-electron chi connectivity index (χ4n) is 2.87. The van der Waals surface area contributed by atoms with Gasteiger partial charge < -0.3 is 15.2 Å². The second-order valence-corrected chi connectivity index (χ2v) is 5.58. The van der Waals surface area contributed by atoms with E-state index in [0.29, 0.717) is 24.0 Å². The summed E-state index contributed by atoms with van der Waals surface area (Å²) in [6.45, 7) is 2.26. The van der Waals surface area contributed by atoms with Gasteiger partial charge in [-0.15, -0.1) is 0 Å². The smallest absolute Gasteiger partial charge is 0.224 e. The predicted octanol–water partition coefficient (Wildman–Crippen LogP) is 1.66. The van der Waals surface area contributed by atoms with E-state index in [-0.39, 0.29) is 5.84 Å². The van der Waals surface area contributed by atoms with Gasteiger partial charge in [0.25, 0.3) is 0 Å². The fourth-order valence-corrected chi connectivity index (χ4v) is 2.87. The average Bonchev–Trinajstić information content (AvgIpc) is 2.92. The number of fused-ring (bicyclic) bond motifs is 1. The van der Waals surface area contributed by atoms with Crippen LogP contribution in [0, 0.1) is 11.3 Å². The van der Waals surface area contributed by atoms with Crippen LogP contribution in [0.5, 0.6) is 5.88 Å². The highest BCUT2D eigenvalue weighted by molar-refractivity contribution is 5.97. The SMILES string of the molecule is N=C(N)c1cc2c(nc1OCC1CCOCC1)CCC2. The molecule has 5 heteroatoms. The molecule has 1 aliphatic heterocycles. The van der Waals surface area contributed by atoms with Crippen LogP contribution in [0.15, 0.2) is 6.07 Å². The number of amidine groups is 1. The van der Waals surface area contributed by atoms with Crippen molar-refractivity contribution < 1.29 is 9.47 Å². The number of aryl methyl sites for hydroxylation is 2. The minimum atomic E-state index is 0.0363. The van der Waals surface area contributed by atoms with Crippen molar-refractivity contribution in [3.63, 3.8) is 0 Å². The summed E-state index contributed by atoms with van der Waals surface area (Å²) in [5.41, 5.74) is 8.62. The Kier molecular flexibility index (Phi) is 3.87. The zero-order valence-electron chi connectivity index (χ0n) is 11.7. The minimum absolute atomic E-state index is 0.0363. The average molecular weight is 275 g/mol. The summed E-state index contributed by atoms with van der Waals surface area (Å²) in [4.78, 5) is 4.58. The molecule has 20 heavy (non-hydrogen) atoms. The van der Waals surface area contributed by atoms with Crippen molar-refractivity contribution in [3.05, 3.63) is 22.9 Å². The molecule has 0 radical (unpaired) electrons. The van der Waals surface area contributed by atoms with Gasteiger partial charge in [-0.3, -0.25) is 5.41 Å². The summed E-state index contributed by atoms with van der Waals surface area (Å²) in [6.07, 6.45) is 5.22. The lowest BCUT2D eigenvalue weighted by molar-refractivity contribution is 0.0490. The molecule has 5 nitrogen and oxygen atoms in total. The number of nitrogens with zero attached hydrogens (tertiary/aromatic N) is 1. The number of hydrogen-bond donors (Lipinski definition) is 2. The van der Waals surface area contributed by atoms with Crippen LogP contribution in [0.4, 0.5) is 0 Å². The Bertz CT molecular complexity index is 510. The van der Waals surface area contributed by atoms with Crippen LogP contribution in [-0.4, -0.2) is 30.6 Å². The van der Waals surface area contributed by atoms with Gasteiger partial charge in [0, 0.05) is 18.9 Å². The van der Waals surface area contributed by atoms with E-state index in [1.54, 1.807) is 0 Å². The Balaban J connectivity index is 1.75. The third-order valence-corrected chi connectivity index (χ3v) is 4.10. The number of nitrogens with two attached hydrogens (primary N) is 1. The molecule has 0 spiro atoms. The molecule has 1 fully saturated rings. The van der Waals surface area contributed by atoms with Crippen molar-refractivity contribution in [2.24, 2.45) is 11.7 Å². The standard InChI is InChI=1S/C15H21N3O2/c16-14(17)12-8-11-2-1-3-13(11)18-15(12)20-9-10-4-6-19-7-5-10/h8,10H,1-7,9H2,(H3,16,17). The minimum Gasteiger partial charge on any atom is -0.477 e. The van der Waals surface area contributed by atoms with Crippen LogP contribution in [0.25, 0.3) is 0 Å². The molecule has 108 valence electrons. The van der Waals surface area contributed by atoms with E-state index in [1.165, 1.54) is 5.56 Å². The summed E-state index contributed by atoms with van der Waals surface area (Å²) < 4.78 is 11.2. The van der Waals surface area contributed by atoms with Crippen LogP contribution in [0.2, 0.25) is 0 Å². The van der Waals surface area contributed by atoms with Crippen LogP contribution < -0.4 is 10.5 Å². The number of ether oxygens (including phenoxy) is 2. The molecular formula is C15H21N3O2. The van der Waals surface area contributed by atoms with E-state index >= 15 is 0 Å². The monoisotopic (exact) mass is 275 g/mol. The second kappa shape index (κ2) is 5.79. The highest BCUT2D eigenvalue weighted by atomic mass is 16.5. The molecule has 0 aromatic carbocycles. The first-order valence-electron chi connectivity index (χ1n) is 7.32. The Hall–Kier alpha value is -1.62. The number of pyridine rings is 1. The summed E-state index contributed by atoms with van der Waals surface area (Å²) in [5.74, 6) is 1.08. The van der Waals surface area contributed by atoms with Gasteiger partial charge in [-0.2, -0.15) is 0 Å². The maximum Gasteiger partial charge on any atom is 0.224 e. The molecule has 2 heterocycles. The van der Waals surface area contributed by atoms with E-state index in [2.05, 4.69) is 4.98 Å². The van der Waals surface area contributed by atoms with Gasteiger partial charge in [0.05, 0.1) is 12.2 Å². The summed E-state index contributed by atoms with van der Waals surface area (Å²) in [5, 5.41) is 7.70. The van der Waals surface area contributed by atoms with E-state index in [9.17, 15) is 0 Å². The fraction of sp³-hybridized carbons (Fsp3) is 0.600. The number of rotatable bonds is 4. The third kappa shape index (κ3) is 2.77. The maximum atomic E-state index is 7.70. The predicted molar refractivity (Wildman–Crippen MR) is 76.3 cm³/mol. The van der Waals surface area contributed by atoms with Crippen molar-refractivity contribution in [2.75, 3.05) is 19.8 Å². The molecule has 0 unspecified atom stereocenters. The van der Waals surface area contributed by atoms with Crippen LogP contribution in [0.1, 0.15) is 36.1 Å². The molecule has 3 rings (SSSR count). The zero-order valence-corrected chi connectivity index (χ0v) is 11.7. The normalized spacial score (nSPS) is 18.8. The molecular weight excluding hydrogens is 254 g/mol. The van der Waals surface area contributed by atoms with E-state index < -0.39 is 0 Å². The number of aromatic nitrogens is 1. The maximum absolute atomic E-state index is 7.70. The Labute approximate surface area is 119 Å². The van der Waals surface area contributed by atoms with Gasteiger partial charge in [0.2, 0.25) is 5.88 Å². The van der Waals surface area contributed by atoms with Crippen molar-refractivity contribution in [1.29, 1.82) is 5.41 Å². The van der Waals surface area contributed by atoms with Crippen molar-refractivity contribution in [3.8, 4) is 5.88 Å². The lowest BCUT2D eigenvalue weighted by atomic mass is 10.0. The van der Waals surface area contributed by atoms with Crippen molar-refractivity contribution in [2.45, 2.75) is 32.1 Å². The van der Waals surface area contributed by atoms with Gasteiger partial charge in [-0.25, -0.2) is 4.98 Å². The summed E-state index contributed by atoms with van der Waals surface area (Å²) in [6, 6.07) is 1.98. The largest absolute Gasteiger partial charge is 0.477 e. The Morgan fingerprint density at radius 2 is 2.20 bits per heavy atom. The first kappa shape index (κ1) is 13.4. The molecule has 0 amide bonds. The number of nitrogen functional groups attached to an aromatic ring is 1. The van der Waals surface area contributed by atoms with Gasteiger partial charge in [0.1, 0.15) is 5.84 Å². The lowest BCUT2D eigenvalue weighted by Gasteiger charge is -2.22. The molecule has 0 saturated carbocycles. The van der Waals surface area contributed by atoms with Gasteiger partial charge >= 0.3 is 0 Å². The number of hydrogen-bond acceptors (Lipinski definition) is 4. The van der Waals surface area contributed by atoms with Gasteiger partial charge in [-0.05, 0) is 49.7 Å². The van der Waals surface area contributed by atoms with Crippen LogP contribution in [-0.2, 0) is 17.6 Å². The van der Waals surface area contributed by atoms with E-state index in [1.807, 2.05) is 6.07 Å². The van der Waals surface area contributed by atoms with Gasteiger partial charge in [-0.1, -0.05) is 0 Å². The molecule has 2 aliphatic rings. The Morgan fingerprint density at radius 3 is 2.95 bits per heavy atom. The van der Waals surface area contributed by atoms with Crippen molar-refractivity contribution >= 4 is 5.84 Å². The zero-order chi connectivity index (χ0) is 13.9. The van der Waals surface area contributed by atoms with Gasteiger partial charge in [0.15, 0.2) is 0 Å². The topological polar surface area (TPSA) is 81.2 Å². The summed E-state index contributed by atoms with van der Waals surface area (Å²) >= 11 is 0. The van der Waals surface area contributed by atoms with Crippen LogP contribution >= 0.6 is 0 Å². The van der Waals surface area contributed by atoms with Crippen LogP contribution in [0.3, 0.4) is 0 Å². The quantitative estimate of drug-likeness (QED) is 0.647. The molecule has 1 aliphatic carbocycles. The Morgan fingerprint density at radius 1 is 1.40 bits per heavy atom. The van der Waals surface area contributed by atoms with E-state index in [0.717, 1.165) is 51.0 Å². The molecule has 1 aromatic heterocycles. The molecule has 0 bridgehead atoms. The highest BCUT2D eigenvalue weighted by Gasteiger charge is 2.20. The number of nitrogens with one attached hydrogen (secondary N) is 1. The molecule has 1 aromatic rings. The third-order valence-electron chi connectivity index (χ3n) is 4.10. The lowest BCUT2D eigenvalue weighted by Crippen LogP contribution is -2.23. The summed E-state index contributed by atoms with van der Waals surface area (Å²) in [7, 11) is 0. The first-order valence-corrected chi connectivity index (χ1v) is 7.32. The molecule has 1 saturated heterocycles. The van der Waals surface area contributed by atoms with Crippen molar-refractivity contribution in [1.82, 2.24) is 4.98 Å². The molecule has 3 N–H and O–H groups in total. The first-order chi connectivity index (χ1) is 9.74. The second-order valence-electron chi connectivity index (χ2n) is 5.58.